The van der Waals surface area contributed by atoms with Crippen LogP contribution < -0.4 is 10.2 Å². The number of pyridine rings is 1. The number of rotatable bonds is 5. The molecule has 20 heavy (non-hydrogen) atoms. The van der Waals surface area contributed by atoms with Gasteiger partial charge in [0.05, 0.1) is 17.1 Å². The molecule has 0 radical (unpaired) electrons. The molecule has 0 aliphatic carbocycles. The molecule has 2 unspecified atom stereocenters. The zero-order valence-corrected chi connectivity index (χ0v) is 12.3. The highest BCUT2D eigenvalue weighted by atomic mass is 16.6. The third-order valence-electron chi connectivity index (χ3n) is 3.88. The predicted octanol–water partition coefficient (Wildman–Crippen LogP) is 2.90. The van der Waals surface area contributed by atoms with Crippen molar-refractivity contribution in [2.24, 2.45) is 11.8 Å². The highest BCUT2D eigenvalue weighted by molar-refractivity contribution is 5.56. The van der Waals surface area contributed by atoms with E-state index in [-0.39, 0.29) is 10.6 Å². The molecular weight excluding hydrogens is 256 g/mol. The average molecular weight is 278 g/mol. The predicted molar refractivity (Wildman–Crippen MR) is 80.2 cm³/mol. The van der Waals surface area contributed by atoms with E-state index >= 15 is 0 Å². The normalized spacial score (nSPS) is 22.1. The Labute approximate surface area is 119 Å². The summed E-state index contributed by atoms with van der Waals surface area (Å²) >= 11 is 0. The molecule has 0 saturated carbocycles. The first-order valence-electron chi connectivity index (χ1n) is 7.16. The van der Waals surface area contributed by atoms with Gasteiger partial charge in [0.15, 0.2) is 0 Å². The highest BCUT2D eigenvalue weighted by Crippen LogP contribution is 2.30. The van der Waals surface area contributed by atoms with Gasteiger partial charge < -0.3 is 10.2 Å². The fourth-order valence-electron chi connectivity index (χ4n) is 2.43. The van der Waals surface area contributed by atoms with Crippen LogP contribution in [-0.2, 0) is 0 Å². The van der Waals surface area contributed by atoms with Gasteiger partial charge in [-0.1, -0.05) is 20.8 Å². The fourth-order valence-corrected chi connectivity index (χ4v) is 2.43. The maximum atomic E-state index is 11.1. The summed E-state index contributed by atoms with van der Waals surface area (Å²) in [5.41, 5.74) is 0.0980. The van der Waals surface area contributed by atoms with Crippen LogP contribution in [0.5, 0.6) is 0 Å². The van der Waals surface area contributed by atoms with Crippen LogP contribution >= 0.6 is 0 Å². The molecule has 2 rings (SSSR count). The van der Waals surface area contributed by atoms with Crippen molar-refractivity contribution in [3.05, 3.63) is 22.2 Å². The van der Waals surface area contributed by atoms with Crippen LogP contribution in [0.25, 0.3) is 0 Å². The molecule has 0 bridgehead atoms. The van der Waals surface area contributed by atoms with E-state index in [1.165, 1.54) is 6.07 Å². The molecule has 2 heterocycles. The van der Waals surface area contributed by atoms with Crippen LogP contribution in [0.1, 0.15) is 27.2 Å². The first kappa shape index (κ1) is 14.6. The van der Waals surface area contributed by atoms with Crippen molar-refractivity contribution in [2.45, 2.75) is 27.2 Å². The minimum Gasteiger partial charge on any atom is -0.370 e. The Morgan fingerprint density at radius 1 is 1.40 bits per heavy atom. The molecule has 1 saturated heterocycles. The molecule has 110 valence electrons. The lowest BCUT2D eigenvalue weighted by Crippen LogP contribution is -2.21. The molecule has 0 aromatic carbocycles. The Bertz CT molecular complexity index is 482. The molecule has 1 aliphatic heterocycles. The Morgan fingerprint density at radius 3 is 2.60 bits per heavy atom. The summed E-state index contributed by atoms with van der Waals surface area (Å²) in [5.74, 6) is 2.46. The lowest BCUT2D eigenvalue weighted by molar-refractivity contribution is -0.384. The minimum atomic E-state index is -0.356. The van der Waals surface area contributed by atoms with Gasteiger partial charge in [-0.05, 0) is 18.3 Å². The summed E-state index contributed by atoms with van der Waals surface area (Å²) in [4.78, 5) is 17.4. The second-order valence-electron chi connectivity index (χ2n) is 5.61. The Kier molecular flexibility index (Phi) is 4.42. The van der Waals surface area contributed by atoms with E-state index in [0.29, 0.717) is 23.5 Å². The molecular formula is C14H22N4O2. The molecule has 1 aromatic heterocycles. The first-order valence-corrected chi connectivity index (χ1v) is 7.16. The highest BCUT2D eigenvalue weighted by Gasteiger charge is 2.28. The van der Waals surface area contributed by atoms with Gasteiger partial charge in [-0.3, -0.25) is 10.1 Å². The van der Waals surface area contributed by atoms with Gasteiger partial charge in [0.1, 0.15) is 11.6 Å². The van der Waals surface area contributed by atoms with Crippen molar-refractivity contribution >= 4 is 17.3 Å². The molecule has 1 aliphatic rings. The van der Waals surface area contributed by atoms with Crippen molar-refractivity contribution in [3.8, 4) is 0 Å². The number of hydrogen-bond acceptors (Lipinski definition) is 5. The van der Waals surface area contributed by atoms with Crippen molar-refractivity contribution < 1.29 is 4.92 Å². The van der Waals surface area contributed by atoms with Gasteiger partial charge in [0.25, 0.3) is 5.69 Å². The van der Waals surface area contributed by atoms with Gasteiger partial charge >= 0.3 is 0 Å². The van der Waals surface area contributed by atoms with Crippen LogP contribution in [0.3, 0.4) is 0 Å². The maximum Gasteiger partial charge on any atom is 0.276 e. The molecule has 2 atom stereocenters. The van der Waals surface area contributed by atoms with Gasteiger partial charge in [-0.2, -0.15) is 0 Å². The molecule has 1 aromatic rings. The van der Waals surface area contributed by atoms with E-state index in [1.807, 2.05) is 0 Å². The van der Waals surface area contributed by atoms with E-state index in [1.54, 1.807) is 6.07 Å². The SMILES string of the molecule is CCCNc1cc([N+](=O)[O-])cc(N2CC(C)C(C)C2)n1. The average Bonchev–Trinajstić information content (AvgIpc) is 2.76. The first-order chi connectivity index (χ1) is 9.51. The zero-order chi connectivity index (χ0) is 14.7. The third kappa shape index (κ3) is 3.18. The van der Waals surface area contributed by atoms with Crippen LogP contribution in [0.15, 0.2) is 12.1 Å². The van der Waals surface area contributed by atoms with E-state index in [4.69, 9.17) is 0 Å². The fraction of sp³-hybridized carbons (Fsp3) is 0.643. The topological polar surface area (TPSA) is 71.3 Å². The van der Waals surface area contributed by atoms with Crippen molar-refractivity contribution in [1.29, 1.82) is 0 Å². The molecule has 0 amide bonds. The van der Waals surface area contributed by atoms with Crippen LogP contribution in [0.4, 0.5) is 17.3 Å². The molecule has 0 spiro atoms. The number of anilines is 2. The van der Waals surface area contributed by atoms with Gasteiger partial charge in [0, 0.05) is 19.6 Å². The maximum absolute atomic E-state index is 11.1. The van der Waals surface area contributed by atoms with Crippen molar-refractivity contribution in [1.82, 2.24) is 4.98 Å². The lowest BCUT2D eigenvalue weighted by Gasteiger charge is -2.18. The standard InChI is InChI=1S/C14H22N4O2/c1-4-5-15-13-6-12(18(19)20)7-14(16-13)17-8-10(2)11(3)9-17/h6-7,10-11H,4-5,8-9H2,1-3H3,(H,15,16). The Balaban J connectivity index is 2.27. The van der Waals surface area contributed by atoms with E-state index in [9.17, 15) is 10.1 Å². The number of hydrogen-bond donors (Lipinski definition) is 1. The number of nitrogens with zero attached hydrogens (tertiary/aromatic N) is 3. The second-order valence-corrected chi connectivity index (χ2v) is 5.61. The van der Waals surface area contributed by atoms with Gasteiger partial charge in [-0.25, -0.2) is 4.98 Å². The quantitative estimate of drug-likeness (QED) is 0.662. The van der Waals surface area contributed by atoms with Gasteiger partial charge in [0.2, 0.25) is 0 Å². The lowest BCUT2D eigenvalue weighted by atomic mass is 10.0. The summed E-state index contributed by atoms with van der Waals surface area (Å²) < 4.78 is 0. The Morgan fingerprint density at radius 2 is 2.05 bits per heavy atom. The van der Waals surface area contributed by atoms with Crippen molar-refractivity contribution in [2.75, 3.05) is 29.9 Å². The number of nitrogens with one attached hydrogen (secondary N) is 1. The summed E-state index contributed by atoms with van der Waals surface area (Å²) in [7, 11) is 0. The van der Waals surface area contributed by atoms with Crippen LogP contribution in [0.2, 0.25) is 0 Å². The molecule has 6 nitrogen and oxygen atoms in total. The van der Waals surface area contributed by atoms with Crippen LogP contribution in [-0.4, -0.2) is 29.5 Å². The number of nitro groups is 1. The second kappa shape index (κ2) is 6.07. The molecule has 1 fully saturated rings. The molecule has 1 N–H and O–H groups in total. The van der Waals surface area contributed by atoms with E-state index < -0.39 is 0 Å². The van der Waals surface area contributed by atoms with Crippen molar-refractivity contribution in [3.63, 3.8) is 0 Å². The monoisotopic (exact) mass is 278 g/mol. The summed E-state index contributed by atoms with van der Waals surface area (Å²) in [6.07, 6.45) is 0.956. The minimum absolute atomic E-state index is 0.0980. The Hall–Kier alpha value is -1.85. The van der Waals surface area contributed by atoms with Gasteiger partial charge in [-0.15, -0.1) is 0 Å². The largest absolute Gasteiger partial charge is 0.370 e. The smallest absolute Gasteiger partial charge is 0.276 e. The van der Waals surface area contributed by atoms with Crippen LogP contribution in [0, 0.1) is 22.0 Å². The number of aromatic nitrogens is 1. The zero-order valence-electron chi connectivity index (χ0n) is 12.3. The van der Waals surface area contributed by atoms with E-state index in [0.717, 1.165) is 26.1 Å². The molecule has 6 heteroatoms. The van der Waals surface area contributed by atoms with E-state index in [2.05, 4.69) is 36.0 Å². The third-order valence-corrected chi connectivity index (χ3v) is 3.88. The summed E-state index contributed by atoms with van der Waals surface area (Å²) in [6.45, 7) is 9.04. The summed E-state index contributed by atoms with van der Waals surface area (Å²) in [6, 6.07) is 3.07. The summed E-state index contributed by atoms with van der Waals surface area (Å²) in [5, 5.41) is 14.2.